The van der Waals surface area contributed by atoms with Gasteiger partial charge in [0.25, 0.3) is 0 Å². The lowest BCUT2D eigenvalue weighted by Gasteiger charge is -2.38. The van der Waals surface area contributed by atoms with Crippen LogP contribution in [0.1, 0.15) is 19.4 Å². The van der Waals surface area contributed by atoms with Crippen LogP contribution >= 0.6 is 0 Å². The summed E-state index contributed by atoms with van der Waals surface area (Å²) in [7, 11) is 0. The van der Waals surface area contributed by atoms with Gasteiger partial charge in [-0.3, -0.25) is 5.01 Å². The van der Waals surface area contributed by atoms with Crippen LogP contribution in [0.15, 0.2) is 52.9 Å². The monoisotopic (exact) mass is 325 g/mol. The van der Waals surface area contributed by atoms with E-state index in [1.54, 1.807) is 31.2 Å². The first kappa shape index (κ1) is 15.7. The second kappa shape index (κ2) is 5.49. The molecule has 7 heteroatoms. The first-order valence-corrected chi connectivity index (χ1v) is 7.14. The minimum Gasteiger partial charge on any atom is -0.261 e. The molecule has 0 unspecified atom stereocenters. The number of hydrazine groups is 1. The summed E-state index contributed by atoms with van der Waals surface area (Å²) < 4.78 is 52.3. The SMILES string of the molecule is CC1=CC(c2cccc(F)c2)=NC2=CCN([C@@H](C)C(F)(F)F)N12. The van der Waals surface area contributed by atoms with Gasteiger partial charge >= 0.3 is 6.18 Å². The Labute approximate surface area is 131 Å². The molecule has 23 heavy (non-hydrogen) atoms. The van der Waals surface area contributed by atoms with Gasteiger partial charge in [0.1, 0.15) is 17.7 Å². The Kier molecular flexibility index (Phi) is 3.75. The van der Waals surface area contributed by atoms with Gasteiger partial charge in [-0.25, -0.2) is 9.38 Å². The second-order valence-corrected chi connectivity index (χ2v) is 5.51. The van der Waals surface area contributed by atoms with Gasteiger partial charge in [-0.2, -0.15) is 18.2 Å². The van der Waals surface area contributed by atoms with Crippen LogP contribution in [0.5, 0.6) is 0 Å². The number of allylic oxidation sites excluding steroid dienone is 2. The summed E-state index contributed by atoms with van der Waals surface area (Å²) in [6.45, 7) is 2.96. The molecule has 1 aromatic rings. The van der Waals surface area contributed by atoms with Crippen molar-refractivity contribution < 1.29 is 17.6 Å². The molecule has 0 spiro atoms. The third-order valence-electron chi connectivity index (χ3n) is 3.89. The number of fused-ring (bicyclic) bond motifs is 1. The van der Waals surface area contributed by atoms with Gasteiger partial charge in [0.15, 0.2) is 0 Å². The smallest absolute Gasteiger partial charge is 0.261 e. The maximum absolute atomic E-state index is 13.4. The topological polar surface area (TPSA) is 18.8 Å². The molecule has 0 saturated heterocycles. The van der Waals surface area contributed by atoms with Crippen molar-refractivity contribution >= 4 is 5.71 Å². The highest BCUT2D eigenvalue weighted by Gasteiger charge is 2.45. The van der Waals surface area contributed by atoms with Crippen molar-refractivity contribution in [1.29, 1.82) is 0 Å². The quantitative estimate of drug-likeness (QED) is 0.769. The molecule has 2 heterocycles. The first-order chi connectivity index (χ1) is 10.8. The van der Waals surface area contributed by atoms with E-state index in [4.69, 9.17) is 0 Å². The van der Waals surface area contributed by atoms with Crippen LogP contribution in [0.2, 0.25) is 0 Å². The van der Waals surface area contributed by atoms with Crippen LogP contribution in [-0.4, -0.2) is 34.5 Å². The molecule has 0 bridgehead atoms. The fourth-order valence-corrected chi connectivity index (χ4v) is 2.66. The Morgan fingerprint density at radius 3 is 2.65 bits per heavy atom. The molecule has 0 saturated carbocycles. The number of benzene rings is 1. The molecule has 0 aromatic heterocycles. The highest BCUT2D eigenvalue weighted by Crippen LogP contribution is 2.34. The third kappa shape index (κ3) is 2.88. The van der Waals surface area contributed by atoms with E-state index in [1.807, 2.05) is 0 Å². The van der Waals surface area contributed by atoms with Crippen molar-refractivity contribution in [2.45, 2.75) is 26.1 Å². The molecular weight excluding hydrogens is 310 g/mol. The largest absolute Gasteiger partial charge is 0.405 e. The van der Waals surface area contributed by atoms with Gasteiger partial charge < -0.3 is 0 Å². The summed E-state index contributed by atoms with van der Waals surface area (Å²) in [6.07, 6.45) is -1.03. The molecule has 0 fully saturated rings. The maximum Gasteiger partial charge on any atom is 0.405 e. The Bertz CT molecular complexity index is 718. The first-order valence-electron chi connectivity index (χ1n) is 7.14. The summed E-state index contributed by atoms with van der Waals surface area (Å²) in [6, 6.07) is 4.35. The van der Waals surface area contributed by atoms with Gasteiger partial charge in [-0.1, -0.05) is 12.1 Å². The molecule has 3 nitrogen and oxygen atoms in total. The molecule has 2 aliphatic rings. The van der Waals surface area contributed by atoms with Crippen molar-refractivity contribution in [2.24, 2.45) is 4.99 Å². The van der Waals surface area contributed by atoms with E-state index in [0.717, 1.165) is 6.92 Å². The number of nitrogens with zero attached hydrogens (tertiary/aromatic N) is 3. The molecular formula is C16H15F4N3. The van der Waals surface area contributed by atoms with Gasteiger partial charge in [0, 0.05) is 17.8 Å². The number of halogens is 4. The van der Waals surface area contributed by atoms with E-state index in [1.165, 1.54) is 22.2 Å². The van der Waals surface area contributed by atoms with Crippen LogP contribution in [-0.2, 0) is 0 Å². The molecule has 122 valence electrons. The van der Waals surface area contributed by atoms with Crippen molar-refractivity contribution in [3.05, 3.63) is 59.3 Å². The van der Waals surface area contributed by atoms with Crippen LogP contribution in [0.3, 0.4) is 0 Å². The molecule has 0 radical (unpaired) electrons. The Hall–Kier alpha value is -2.15. The van der Waals surface area contributed by atoms with Crippen LogP contribution in [0.4, 0.5) is 17.6 Å². The van der Waals surface area contributed by atoms with Gasteiger partial charge in [-0.05, 0) is 38.1 Å². The zero-order valence-electron chi connectivity index (χ0n) is 12.6. The van der Waals surface area contributed by atoms with Gasteiger partial charge in [-0.15, -0.1) is 0 Å². The summed E-state index contributed by atoms with van der Waals surface area (Å²) in [5.41, 5.74) is 1.73. The van der Waals surface area contributed by atoms with Crippen LogP contribution in [0.25, 0.3) is 0 Å². The second-order valence-electron chi connectivity index (χ2n) is 5.51. The molecule has 1 atom stereocenters. The number of alkyl halides is 3. The molecule has 0 amide bonds. The lowest BCUT2D eigenvalue weighted by molar-refractivity contribution is -0.201. The number of rotatable bonds is 2. The van der Waals surface area contributed by atoms with Crippen molar-refractivity contribution in [2.75, 3.05) is 6.54 Å². The van der Waals surface area contributed by atoms with Crippen molar-refractivity contribution in [3.63, 3.8) is 0 Å². The predicted molar refractivity (Wildman–Crippen MR) is 78.8 cm³/mol. The Balaban J connectivity index is 1.91. The van der Waals surface area contributed by atoms with Gasteiger partial charge in [0.2, 0.25) is 0 Å². The third-order valence-corrected chi connectivity index (χ3v) is 3.89. The summed E-state index contributed by atoms with van der Waals surface area (Å²) >= 11 is 0. The Morgan fingerprint density at radius 1 is 1.26 bits per heavy atom. The zero-order chi connectivity index (χ0) is 16.8. The summed E-state index contributed by atoms with van der Waals surface area (Å²) in [5, 5.41) is 2.67. The number of hydrogen-bond acceptors (Lipinski definition) is 3. The normalized spacial score (nSPS) is 19.9. The minimum atomic E-state index is -4.32. The highest BCUT2D eigenvalue weighted by molar-refractivity contribution is 6.10. The van der Waals surface area contributed by atoms with Crippen molar-refractivity contribution in [3.8, 4) is 0 Å². The number of aliphatic imine (C=N–C) groups is 1. The zero-order valence-corrected chi connectivity index (χ0v) is 12.6. The van der Waals surface area contributed by atoms with Crippen molar-refractivity contribution in [1.82, 2.24) is 10.0 Å². The molecule has 0 N–H and O–H groups in total. The standard InChI is InChI=1S/C16H15F4N3/c1-10-8-14(12-4-3-5-13(17)9-12)21-15-6-7-22(23(10)15)11(2)16(18,19)20/h3-6,8-9,11H,7H2,1-2H3/t11-/m0/s1. The van der Waals surface area contributed by atoms with E-state index < -0.39 is 12.2 Å². The molecule has 3 rings (SSSR count). The predicted octanol–water partition coefficient (Wildman–Crippen LogP) is 3.86. The average molecular weight is 325 g/mol. The van der Waals surface area contributed by atoms with E-state index in [9.17, 15) is 17.6 Å². The van der Waals surface area contributed by atoms with Gasteiger partial charge in [0.05, 0.1) is 5.71 Å². The highest BCUT2D eigenvalue weighted by atomic mass is 19.4. The van der Waals surface area contributed by atoms with E-state index in [0.29, 0.717) is 22.8 Å². The summed E-state index contributed by atoms with van der Waals surface area (Å²) in [5.74, 6) is 0.0479. The Morgan fingerprint density at radius 2 is 2.00 bits per heavy atom. The molecule has 1 aromatic carbocycles. The van der Waals surface area contributed by atoms with Crippen LogP contribution < -0.4 is 0 Å². The molecule has 2 aliphatic heterocycles. The van der Waals surface area contributed by atoms with E-state index in [-0.39, 0.29) is 12.4 Å². The lowest BCUT2D eigenvalue weighted by atomic mass is 10.1. The average Bonchev–Trinajstić information content (AvgIpc) is 2.89. The van der Waals surface area contributed by atoms with E-state index >= 15 is 0 Å². The number of hydrogen-bond donors (Lipinski definition) is 0. The fraction of sp³-hybridized carbons (Fsp3) is 0.312. The van der Waals surface area contributed by atoms with Crippen LogP contribution in [0, 0.1) is 5.82 Å². The summed E-state index contributed by atoms with van der Waals surface area (Å²) in [4.78, 5) is 4.37. The fourth-order valence-electron chi connectivity index (χ4n) is 2.66. The maximum atomic E-state index is 13.4. The molecule has 0 aliphatic carbocycles. The van der Waals surface area contributed by atoms with E-state index in [2.05, 4.69) is 4.99 Å². The lowest BCUT2D eigenvalue weighted by Crippen LogP contribution is -2.49. The minimum absolute atomic E-state index is 0.126.